The van der Waals surface area contributed by atoms with Crippen LogP contribution < -0.4 is 4.90 Å². The van der Waals surface area contributed by atoms with Crippen LogP contribution in [0.15, 0.2) is 33.3 Å². The van der Waals surface area contributed by atoms with E-state index in [4.69, 9.17) is 14.0 Å². The van der Waals surface area contributed by atoms with Gasteiger partial charge in [0.25, 0.3) is 5.89 Å². The van der Waals surface area contributed by atoms with E-state index in [1.54, 1.807) is 0 Å². The van der Waals surface area contributed by atoms with Crippen molar-refractivity contribution >= 4 is 11.6 Å². The van der Waals surface area contributed by atoms with Crippen molar-refractivity contribution in [3.05, 3.63) is 41.8 Å². The summed E-state index contributed by atoms with van der Waals surface area (Å²) in [7, 11) is 2.17. The second kappa shape index (κ2) is 10.8. The second-order valence-corrected chi connectivity index (χ2v) is 15.2. The molecule has 2 aromatic heterocycles. The van der Waals surface area contributed by atoms with Gasteiger partial charge >= 0.3 is 0 Å². The number of carbonyl (C=O) groups excluding carboxylic acids is 1. The molecule has 0 atom stereocenters. The van der Waals surface area contributed by atoms with Crippen LogP contribution >= 0.6 is 0 Å². The molecule has 0 spiro atoms. The fraction of sp³-hybridized carbons (Fsp3) is 0.676. The Balaban J connectivity index is 1.12. The highest BCUT2D eigenvalue weighted by molar-refractivity contribution is 5.94. The van der Waals surface area contributed by atoms with Gasteiger partial charge in [-0.1, -0.05) is 37.2 Å². The summed E-state index contributed by atoms with van der Waals surface area (Å²) in [5.41, 5.74) is 1.75. The first-order valence-electron chi connectivity index (χ1n) is 16.4. The molecule has 4 aliphatic carbocycles. The molecular weight excluding hydrogens is 540 g/mol. The van der Waals surface area contributed by atoms with Crippen LogP contribution in [0, 0.1) is 11.3 Å². The largest absolute Gasteiger partial charge is 0.339 e. The van der Waals surface area contributed by atoms with E-state index in [9.17, 15) is 4.79 Å². The van der Waals surface area contributed by atoms with Crippen molar-refractivity contribution in [3.8, 4) is 11.5 Å². The highest BCUT2D eigenvalue weighted by Crippen LogP contribution is 2.57. The number of hydrogen-bond acceptors (Lipinski definition) is 8. The summed E-state index contributed by atoms with van der Waals surface area (Å²) in [6.45, 7) is 9.22. The van der Waals surface area contributed by atoms with Gasteiger partial charge in [0.05, 0.1) is 0 Å². The fourth-order valence-electron chi connectivity index (χ4n) is 7.53. The van der Waals surface area contributed by atoms with Gasteiger partial charge in [-0.05, 0) is 114 Å². The van der Waals surface area contributed by atoms with E-state index in [-0.39, 0.29) is 22.2 Å². The van der Waals surface area contributed by atoms with Gasteiger partial charge in [-0.15, -0.1) is 0 Å². The molecule has 1 aliphatic heterocycles. The molecule has 43 heavy (non-hydrogen) atoms. The normalized spacial score (nSPS) is 26.6. The summed E-state index contributed by atoms with van der Waals surface area (Å²) >= 11 is 0. The van der Waals surface area contributed by atoms with Crippen molar-refractivity contribution in [2.24, 2.45) is 11.3 Å². The molecule has 4 saturated carbocycles. The van der Waals surface area contributed by atoms with Gasteiger partial charge in [0.2, 0.25) is 11.8 Å². The third-order valence-corrected chi connectivity index (χ3v) is 10.8. The van der Waals surface area contributed by atoms with E-state index < -0.39 is 0 Å². The molecule has 9 nitrogen and oxygen atoms in total. The van der Waals surface area contributed by atoms with Crippen LogP contribution in [0.3, 0.4) is 0 Å². The maximum absolute atomic E-state index is 14.2. The van der Waals surface area contributed by atoms with Crippen molar-refractivity contribution < 1.29 is 13.8 Å². The van der Waals surface area contributed by atoms with Gasteiger partial charge in [-0.25, -0.2) is 0 Å². The average molecular weight is 587 g/mol. The molecule has 9 heteroatoms. The third-order valence-electron chi connectivity index (χ3n) is 10.8. The van der Waals surface area contributed by atoms with E-state index in [2.05, 4.69) is 65.0 Å². The third kappa shape index (κ3) is 5.77. The predicted octanol–water partition coefficient (Wildman–Crippen LogP) is 6.65. The number of nitrogens with zero attached hydrogens (tertiary/aromatic N) is 6. The van der Waals surface area contributed by atoms with Crippen LogP contribution in [0.4, 0.5) is 5.69 Å². The lowest BCUT2D eigenvalue weighted by atomic mass is 9.53. The van der Waals surface area contributed by atoms with Gasteiger partial charge in [0.1, 0.15) is 0 Å². The van der Waals surface area contributed by atoms with E-state index in [0.717, 1.165) is 113 Å². The number of rotatable bonds is 8. The lowest BCUT2D eigenvalue weighted by Gasteiger charge is -2.53. The Morgan fingerprint density at radius 2 is 1.70 bits per heavy atom. The highest BCUT2D eigenvalue weighted by atomic mass is 16.5. The number of benzene rings is 1. The maximum Gasteiger partial charge on any atom is 0.258 e. The van der Waals surface area contributed by atoms with Crippen LogP contribution in [0.2, 0.25) is 0 Å². The van der Waals surface area contributed by atoms with Crippen LogP contribution in [0.25, 0.3) is 11.5 Å². The minimum atomic E-state index is -0.154. The molecule has 0 radical (unpaired) electrons. The second-order valence-electron chi connectivity index (χ2n) is 15.2. The predicted molar refractivity (Wildman–Crippen MR) is 164 cm³/mol. The highest BCUT2D eigenvalue weighted by Gasteiger charge is 2.52. The summed E-state index contributed by atoms with van der Waals surface area (Å²) in [5.74, 6) is 4.06. The van der Waals surface area contributed by atoms with Crippen LogP contribution in [-0.4, -0.2) is 57.8 Å². The number of carbonyl (C=O) groups is 1. The molecule has 1 aromatic carbocycles. The van der Waals surface area contributed by atoms with E-state index in [1.807, 2.05) is 12.1 Å². The maximum atomic E-state index is 14.2. The Kier molecular flexibility index (Phi) is 7.22. The zero-order valence-corrected chi connectivity index (χ0v) is 26.3. The topological polar surface area (TPSA) is 101 Å². The molecule has 8 rings (SSSR count). The van der Waals surface area contributed by atoms with Gasteiger partial charge in [-0.2, -0.15) is 9.97 Å². The van der Waals surface area contributed by atoms with Crippen molar-refractivity contribution in [1.29, 1.82) is 0 Å². The first kappa shape index (κ1) is 28.7. The quantitative estimate of drug-likeness (QED) is 0.289. The monoisotopic (exact) mass is 586 g/mol. The Labute approximate surface area is 254 Å². The van der Waals surface area contributed by atoms with E-state index in [1.165, 1.54) is 0 Å². The molecule has 2 bridgehead atoms. The standard InChI is InChI=1S/C34H46N6O3/c1-32(2,3)31-36-30(38-43-31)34-15-12-33(13-16-34,14-17-34)22-40(27(41)20-23-10-18-39(4)19-11-23)26-7-5-6-25(21-26)29-35-28(37-42-29)24-8-9-24/h5-7,21,23-24H,8-20,22H2,1-4H3. The summed E-state index contributed by atoms with van der Waals surface area (Å²) in [5, 5.41) is 8.71. The number of piperidine rings is 1. The molecule has 3 heterocycles. The minimum absolute atomic E-state index is 0.00511. The summed E-state index contributed by atoms with van der Waals surface area (Å²) in [6.07, 6.45) is 11.3. The van der Waals surface area contributed by atoms with Crippen molar-refractivity contribution in [2.75, 3.05) is 31.6 Å². The number of fused-ring (bicyclic) bond motifs is 3. The van der Waals surface area contributed by atoms with E-state index in [0.29, 0.717) is 24.1 Å². The van der Waals surface area contributed by atoms with Gasteiger partial charge in [0.15, 0.2) is 11.6 Å². The lowest BCUT2D eigenvalue weighted by Crippen LogP contribution is -2.51. The van der Waals surface area contributed by atoms with Crippen LogP contribution in [0.1, 0.15) is 115 Å². The number of likely N-dealkylation sites (tertiary alicyclic amines) is 1. The fourth-order valence-corrected chi connectivity index (χ4v) is 7.53. The first-order chi connectivity index (χ1) is 20.6. The zero-order chi connectivity index (χ0) is 29.8. The SMILES string of the molecule is CN1CCC(CC(=O)N(CC23CCC(c4noc(C(C)(C)C)n4)(CC2)CC3)c2cccc(-c3nc(C4CC4)no3)c2)CC1. The van der Waals surface area contributed by atoms with Crippen molar-refractivity contribution in [3.63, 3.8) is 0 Å². The smallest absolute Gasteiger partial charge is 0.258 e. The molecule has 230 valence electrons. The molecule has 1 amide bonds. The molecule has 5 aliphatic rings. The molecule has 0 N–H and O–H groups in total. The summed E-state index contributed by atoms with van der Waals surface area (Å²) in [4.78, 5) is 28.2. The number of aromatic nitrogens is 4. The molecule has 0 unspecified atom stereocenters. The van der Waals surface area contributed by atoms with Crippen molar-refractivity contribution in [2.45, 2.75) is 108 Å². The molecular formula is C34H46N6O3. The van der Waals surface area contributed by atoms with Gasteiger partial charge in [-0.3, -0.25) is 4.79 Å². The first-order valence-corrected chi connectivity index (χ1v) is 16.4. The Morgan fingerprint density at radius 1 is 0.977 bits per heavy atom. The number of hydrogen-bond donors (Lipinski definition) is 0. The Bertz CT molecular complexity index is 1430. The Hall–Kier alpha value is -3.07. The zero-order valence-electron chi connectivity index (χ0n) is 26.3. The molecule has 1 saturated heterocycles. The molecule has 5 fully saturated rings. The Morgan fingerprint density at radius 3 is 2.35 bits per heavy atom. The summed E-state index contributed by atoms with van der Waals surface area (Å²) < 4.78 is 11.4. The minimum Gasteiger partial charge on any atom is -0.339 e. The van der Waals surface area contributed by atoms with Crippen LogP contribution in [-0.2, 0) is 15.6 Å². The average Bonchev–Trinajstić information content (AvgIpc) is 3.49. The van der Waals surface area contributed by atoms with Gasteiger partial charge in [0, 0.05) is 41.0 Å². The summed E-state index contributed by atoms with van der Waals surface area (Å²) in [6, 6.07) is 8.19. The van der Waals surface area contributed by atoms with Crippen LogP contribution in [0.5, 0.6) is 0 Å². The van der Waals surface area contributed by atoms with Gasteiger partial charge < -0.3 is 18.8 Å². The lowest BCUT2D eigenvalue weighted by molar-refractivity contribution is -0.120. The van der Waals surface area contributed by atoms with E-state index >= 15 is 0 Å². The van der Waals surface area contributed by atoms with Crippen molar-refractivity contribution in [1.82, 2.24) is 25.2 Å². The molecule has 3 aromatic rings. The number of amides is 1. The number of anilines is 1.